The summed E-state index contributed by atoms with van der Waals surface area (Å²) in [7, 11) is 0. The first-order valence-corrected chi connectivity index (χ1v) is 9.52. The van der Waals surface area contributed by atoms with Crippen LogP contribution in [0, 0.1) is 0 Å². The zero-order valence-electron chi connectivity index (χ0n) is 15.1. The molecule has 0 N–H and O–H groups in total. The quantitative estimate of drug-likeness (QED) is 0.298. The van der Waals surface area contributed by atoms with Gasteiger partial charge in [0.1, 0.15) is 0 Å². The third kappa shape index (κ3) is 4.88. The maximum Gasteiger partial charge on any atom is 0.0449 e. The molecule has 0 nitrogen and oxygen atoms in total. The van der Waals surface area contributed by atoms with Gasteiger partial charge in [-0.2, -0.15) is 0 Å². The van der Waals surface area contributed by atoms with Gasteiger partial charge in [-0.05, 0) is 53.2 Å². The molecule has 1 heteroatoms. The number of hydrogen-bond acceptors (Lipinski definition) is 1. The van der Waals surface area contributed by atoms with Crippen molar-refractivity contribution in [3.05, 3.63) is 76.4 Å². The Labute approximate surface area is 152 Å². The summed E-state index contributed by atoms with van der Waals surface area (Å²) in [4.78, 5) is 0.904. The van der Waals surface area contributed by atoms with Crippen LogP contribution < -0.4 is 0 Å². The number of allylic oxidation sites excluding steroid dienone is 1. The normalized spacial score (nSPS) is 11.1. The highest BCUT2D eigenvalue weighted by Gasteiger charge is 2.06. The van der Waals surface area contributed by atoms with Crippen molar-refractivity contribution in [2.45, 2.75) is 52.9 Å². The largest absolute Gasteiger partial charge is 0.0795 e. The van der Waals surface area contributed by atoms with Crippen LogP contribution in [-0.4, -0.2) is 4.86 Å². The second-order valence-electron chi connectivity index (χ2n) is 6.23. The number of aryl methyl sites for hydroxylation is 2. The minimum atomic E-state index is 0.904. The van der Waals surface area contributed by atoms with Crippen LogP contribution in [0.4, 0.5) is 0 Å². The first kappa shape index (κ1) is 18.6. The van der Waals surface area contributed by atoms with Gasteiger partial charge in [0.2, 0.25) is 0 Å². The summed E-state index contributed by atoms with van der Waals surface area (Å²) in [6, 6.07) is 15.2. The van der Waals surface area contributed by atoms with Crippen LogP contribution in [0.2, 0.25) is 0 Å². The summed E-state index contributed by atoms with van der Waals surface area (Å²) < 4.78 is 0. The highest BCUT2D eigenvalue weighted by atomic mass is 32.1. The Morgan fingerprint density at radius 2 is 1.62 bits per heavy atom. The van der Waals surface area contributed by atoms with Crippen LogP contribution in [-0.2, 0) is 19.3 Å². The van der Waals surface area contributed by atoms with Crippen molar-refractivity contribution in [2.75, 3.05) is 0 Å². The second-order valence-corrected chi connectivity index (χ2v) is 6.67. The van der Waals surface area contributed by atoms with Gasteiger partial charge < -0.3 is 0 Å². The van der Waals surface area contributed by atoms with E-state index in [2.05, 4.69) is 75.4 Å². The maximum atomic E-state index is 5.60. The second kappa shape index (κ2) is 9.54. The van der Waals surface area contributed by atoms with Crippen LogP contribution in [0.25, 0.3) is 6.08 Å². The van der Waals surface area contributed by atoms with Crippen LogP contribution in [0.15, 0.2) is 48.5 Å². The monoisotopic (exact) mass is 336 g/mol. The number of hydrogen-bond donors (Lipinski definition) is 0. The van der Waals surface area contributed by atoms with E-state index in [1.807, 2.05) is 0 Å². The summed E-state index contributed by atoms with van der Waals surface area (Å²) in [6.45, 7) is 6.66. The molecule has 24 heavy (non-hydrogen) atoms. The summed E-state index contributed by atoms with van der Waals surface area (Å²) in [5.74, 6) is 0. The van der Waals surface area contributed by atoms with Crippen molar-refractivity contribution in [1.29, 1.82) is 0 Å². The van der Waals surface area contributed by atoms with Crippen molar-refractivity contribution in [3.63, 3.8) is 0 Å². The average Bonchev–Trinajstić information content (AvgIpc) is 2.62. The van der Waals surface area contributed by atoms with Crippen LogP contribution in [0.1, 0.15) is 61.4 Å². The lowest BCUT2D eigenvalue weighted by atomic mass is 9.94. The SMILES string of the molecule is CCCc1cccc(C=CC(=S)c2ccc(CC)cc2)c1CCC. The van der Waals surface area contributed by atoms with Gasteiger partial charge in [0.05, 0.1) is 0 Å². The fourth-order valence-electron chi connectivity index (χ4n) is 3.04. The number of benzene rings is 2. The molecule has 0 unspecified atom stereocenters. The Hall–Kier alpha value is -1.73. The lowest BCUT2D eigenvalue weighted by Gasteiger charge is -2.12. The van der Waals surface area contributed by atoms with E-state index in [0.29, 0.717) is 0 Å². The first-order chi connectivity index (χ1) is 11.7. The molecule has 0 spiro atoms. The minimum Gasteiger partial charge on any atom is -0.0795 e. The molecule has 0 aromatic heterocycles. The molecule has 0 radical (unpaired) electrons. The van der Waals surface area contributed by atoms with E-state index >= 15 is 0 Å². The van der Waals surface area contributed by atoms with Gasteiger partial charge in [0.25, 0.3) is 0 Å². The van der Waals surface area contributed by atoms with E-state index in [4.69, 9.17) is 12.2 Å². The molecule has 0 aliphatic carbocycles. The standard InChI is InChI=1S/C23H28S/c1-4-8-19-10-7-11-20(22(19)9-5-2)16-17-23(24)21-14-12-18(6-3)13-15-21/h7,10-17H,4-6,8-9H2,1-3H3. The molecular formula is C23H28S. The molecule has 0 fully saturated rings. The Morgan fingerprint density at radius 3 is 2.25 bits per heavy atom. The summed E-state index contributed by atoms with van der Waals surface area (Å²) in [5, 5.41) is 0. The molecule has 0 atom stereocenters. The Kier molecular flexibility index (Phi) is 7.39. The van der Waals surface area contributed by atoms with Crippen molar-refractivity contribution in [1.82, 2.24) is 0 Å². The summed E-state index contributed by atoms with van der Waals surface area (Å²) in [5.41, 5.74) is 6.76. The molecule has 0 aliphatic heterocycles. The van der Waals surface area contributed by atoms with Crippen LogP contribution >= 0.6 is 12.2 Å². The molecular weight excluding hydrogens is 308 g/mol. The van der Waals surface area contributed by atoms with Gasteiger partial charge in [0, 0.05) is 4.86 Å². The van der Waals surface area contributed by atoms with E-state index in [-0.39, 0.29) is 0 Å². The predicted molar refractivity (Wildman–Crippen MR) is 111 cm³/mol. The molecule has 2 aromatic carbocycles. The lowest BCUT2D eigenvalue weighted by molar-refractivity contribution is 0.859. The van der Waals surface area contributed by atoms with E-state index in [1.165, 1.54) is 35.1 Å². The fourth-order valence-corrected chi connectivity index (χ4v) is 3.24. The first-order valence-electron chi connectivity index (χ1n) is 9.11. The maximum absolute atomic E-state index is 5.60. The third-order valence-corrected chi connectivity index (χ3v) is 4.76. The summed E-state index contributed by atoms with van der Waals surface area (Å²) in [6.07, 6.45) is 9.98. The Balaban J connectivity index is 2.23. The molecule has 126 valence electrons. The number of thiocarbonyl (C=S) groups is 1. The molecule has 2 rings (SSSR count). The molecule has 0 heterocycles. The highest BCUT2D eigenvalue weighted by molar-refractivity contribution is 7.81. The number of rotatable bonds is 8. The van der Waals surface area contributed by atoms with E-state index in [0.717, 1.165) is 29.7 Å². The molecule has 0 saturated carbocycles. The molecule has 0 bridgehead atoms. The molecule has 0 amide bonds. The van der Waals surface area contributed by atoms with Crippen LogP contribution in [0.3, 0.4) is 0 Å². The Morgan fingerprint density at radius 1 is 0.917 bits per heavy atom. The van der Waals surface area contributed by atoms with Crippen molar-refractivity contribution in [2.24, 2.45) is 0 Å². The molecule has 0 aliphatic rings. The van der Waals surface area contributed by atoms with Gasteiger partial charge in [-0.25, -0.2) is 0 Å². The van der Waals surface area contributed by atoms with Crippen molar-refractivity contribution < 1.29 is 0 Å². The third-order valence-electron chi connectivity index (χ3n) is 4.39. The molecule has 0 saturated heterocycles. The molecule has 2 aromatic rings. The highest BCUT2D eigenvalue weighted by Crippen LogP contribution is 2.20. The lowest BCUT2D eigenvalue weighted by Crippen LogP contribution is -1.98. The topological polar surface area (TPSA) is 0 Å². The predicted octanol–water partition coefficient (Wildman–Crippen LogP) is 6.59. The smallest absolute Gasteiger partial charge is 0.0449 e. The minimum absolute atomic E-state index is 0.904. The van der Waals surface area contributed by atoms with Gasteiger partial charge in [-0.3, -0.25) is 0 Å². The van der Waals surface area contributed by atoms with Gasteiger partial charge in [-0.15, -0.1) is 0 Å². The zero-order chi connectivity index (χ0) is 17.4. The van der Waals surface area contributed by atoms with Gasteiger partial charge >= 0.3 is 0 Å². The fraction of sp³-hybridized carbons (Fsp3) is 0.348. The van der Waals surface area contributed by atoms with E-state index in [9.17, 15) is 0 Å². The van der Waals surface area contributed by atoms with Crippen molar-refractivity contribution in [3.8, 4) is 0 Å². The van der Waals surface area contributed by atoms with Crippen molar-refractivity contribution >= 4 is 23.2 Å². The van der Waals surface area contributed by atoms with E-state index in [1.54, 1.807) is 0 Å². The average molecular weight is 337 g/mol. The van der Waals surface area contributed by atoms with E-state index < -0.39 is 0 Å². The van der Waals surface area contributed by atoms with Gasteiger partial charge in [0.15, 0.2) is 0 Å². The van der Waals surface area contributed by atoms with Gasteiger partial charge in [-0.1, -0.05) is 94.4 Å². The van der Waals surface area contributed by atoms with Crippen LogP contribution in [0.5, 0.6) is 0 Å². The Bertz CT molecular complexity index is 692. The summed E-state index contributed by atoms with van der Waals surface area (Å²) >= 11 is 5.60. The zero-order valence-corrected chi connectivity index (χ0v) is 16.0.